The molecular weight excluding hydrogens is 278 g/mol. The van der Waals surface area contributed by atoms with Crippen LogP contribution in [0.15, 0.2) is 24.3 Å². The Morgan fingerprint density at radius 1 is 1.24 bits per heavy atom. The van der Waals surface area contributed by atoms with Crippen LogP contribution in [-0.4, -0.2) is 28.6 Å². The Hall–Kier alpha value is -1.16. The van der Waals surface area contributed by atoms with Gasteiger partial charge in [-0.25, -0.2) is 0 Å². The number of rotatable bonds is 3. The van der Waals surface area contributed by atoms with Gasteiger partial charge in [0.2, 0.25) is 0 Å². The van der Waals surface area contributed by atoms with Gasteiger partial charge < -0.3 is 4.90 Å². The SMILES string of the molecule is Cc1nnc(N(C)CC(C)Br)c2ccccc12. The average Bonchev–Trinajstić information content (AvgIpc) is 2.29. The lowest BCUT2D eigenvalue weighted by Crippen LogP contribution is -2.25. The Bertz CT molecular complexity index is 525. The highest BCUT2D eigenvalue weighted by Crippen LogP contribution is 2.25. The first kappa shape index (κ1) is 12.3. The number of nitrogens with zero attached hydrogens (tertiary/aromatic N) is 3. The Kier molecular flexibility index (Phi) is 3.62. The van der Waals surface area contributed by atoms with Crippen LogP contribution in [0.25, 0.3) is 10.8 Å². The maximum absolute atomic E-state index is 4.31. The second-order valence-electron chi connectivity index (χ2n) is 4.32. The zero-order valence-electron chi connectivity index (χ0n) is 10.3. The molecule has 17 heavy (non-hydrogen) atoms. The summed E-state index contributed by atoms with van der Waals surface area (Å²) in [5, 5.41) is 10.9. The van der Waals surface area contributed by atoms with E-state index in [0.29, 0.717) is 4.83 Å². The van der Waals surface area contributed by atoms with Crippen molar-refractivity contribution in [2.24, 2.45) is 0 Å². The van der Waals surface area contributed by atoms with E-state index in [1.54, 1.807) is 0 Å². The number of anilines is 1. The van der Waals surface area contributed by atoms with E-state index in [1.165, 1.54) is 5.39 Å². The predicted octanol–water partition coefficient (Wildman–Crippen LogP) is 3.16. The molecule has 0 amide bonds. The number of hydrogen-bond donors (Lipinski definition) is 0. The van der Waals surface area contributed by atoms with E-state index in [9.17, 15) is 0 Å². The van der Waals surface area contributed by atoms with E-state index in [-0.39, 0.29) is 0 Å². The highest BCUT2D eigenvalue weighted by atomic mass is 79.9. The molecule has 0 saturated heterocycles. The number of benzene rings is 1. The highest BCUT2D eigenvalue weighted by molar-refractivity contribution is 9.09. The minimum absolute atomic E-state index is 0.425. The summed E-state index contributed by atoms with van der Waals surface area (Å²) >= 11 is 3.56. The first-order chi connectivity index (χ1) is 8.09. The predicted molar refractivity (Wildman–Crippen MR) is 75.9 cm³/mol. The Morgan fingerprint density at radius 2 is 1.88 bits per heavy atom. The molecule has 2 aromatic rings. The first-order valence-electron chi connectivity index (χ1n) is 5.67. The van der Waals surface area contributed by atoms with Crippen molar-refractivity contribution >= 4 is 32.5 Å². The topological polar surface area (TPSA) is 29.0 Å². The molecule has 0 aliphatic rings. The van der Waals surface area contributed by atoms with Crippen molar-refractivity contribution in [2.45, 2.75) is 18.7 Å². The fourth-order valence-electron chi connectivity index (χ4n) is 1.97. The van der Waals surface area contributed by atoms with Gasteiger partial charge in [0.15, 0.2) is 5.82 Å². The van der Waals surface area contributed by atoms with E-state index in [2.05, 4.69) is 50.1 Å². The van der Waals surface area contributed by atoms with E-state index in [4.69, 9.17) is 0 Å². The number of aromatic nitrogens is 2. The molecule has 0 aliphatic carbocycles. The molecule has 2 rings (SSSR count). The number of aryl methyl sites for hydroxylation is 1. The van der Waals surface area contributed by atoms with Gasteiger partial charge in [0.25, 0.3) is 0 Å². The van der Waals surface area contributed by atoms with Crippen molar-refractivity contribution in [3.05, 3.63) is 30.0 Å². The molecule has 0 N–H and O–H groups in total. The van der Waals surface area contributed by atoms with Crippen LogP contribution in [0.2, 0.25) is 0 Å². The van der Waals surface area contributed by atoms with Gasteiger partial charge in [-0.05, 0) is 6.92 Å². The summed E-state index contributed by atoms with van der Waals surface area (Å²) in [4.78, 5) is 2.56. The fraction of sp³-hybridized carbons (Fsp3) is 0.385. The second kappa shape index (κ2) is 5.00. The number of fused-ring (bicyclic) bond motifs is 1. The molecule has 1 heterocycles. The summed E-state index contributed by atoms with van der Waals surface area (Å²) < 4.78 is 0. The molecule has 0 spiro atoms. The zero-order chi connectivity index (χ0) is 12.4. The van der Waals surface area contributed by atoms with Crippen LogP contribution in [0.3, 0.4) is 0 Å². The van der Waals surface area contributed by atoms with Crippen LogP contribution in [-0.2, 0) is 0 Å². The van der Waals surface area contributed by atoms with Gasteiger partial charge in [-0.2, -0.15) is 5.10 Å². The third-order valence-corrected chi connectivity index (χ3v) is 3.03. The van der Waals surface area contributed by atoms with Crippen LogP contribution >= 0.6 is 15.9 Å². The number of alkyl halides is 1. The quantitative estimate of drug-likeness (QED) is 0.814. The molecule has 1 aromatic carbocycles. The molecule has 0 saturated carbocycles. The van der Waals surface area contributed by atoms with E-state index in [0.717, 1.165) is 23.4 Å². The highest BCUT2D eigenvalue weighted by Gasteiger charge is 2.11. The summed E-state index contributed by atoms with van der Waals surface area (Å²) in [5.74, 6) is 0.942. The van der Waals surface area contributed by atoms with Gasteiger partial charge in [0.05, 0.1) is 5.69 Å². The molecule has 0 fully saturated rings. The number of hydrogen-bond acceptors (Lipinski definition) is 3. The minimum atomic E-state index is 0.425. The van der Waals surface area contributed by atoms with Crippen molar-refractivity contribution in [3.8, 4) is 0 Å². The lowest BCUT2D eigenvalue weighted by Gasteiger charge is -2.20. The van der Waals surface area contributed by atoms with Gasteiger partial charge in [0, 0.05) is 29.2 Å². The van der Waals surface area contributed by atoms with E-state index >= 15 is 0 Å². The molecule has 1 unspecified atom stereocenters. The van der Waals surface area contributed by atoms with Crippen molar-refractivity contribution < 1.29 is 0 Å². The maximum atomic E-state index is 4.31. The van der Waals surface area contributed by atoms with Crippen molar-refractivity contribution in [1.29, 1.82) is 0 Å². The normalized spacial score (nSPS) is 12.7. The van der Waals surface area contributed by atoms with Crippen LogP contribution in [0, 0.1) is 6.92 Å². The summed E-state index contributed by atoms with van der Waals surface area (Å²) in [5.41, 5.74) is 0.977. The number of halogens is 1. The zero-order valence-corrected chi connectivity index (χ0v) is 11.9. The monoisotopic (exact) mass is 293 g/mol. The fourth-order valence-corrected chi connectivity index (χ4v) is 2.40. The Labute approximate surface area is 110 Å². The first-order valence-corrected chi connectivity index (χ1v) is 6.58. The van der Waals surface area contributed by atoms with Crippen LogP contribution in [0.4, 0.5) is 5.82 Å². The third kappa shape index (κ3) is 2.57. The largest absolute Gasteiger partial charge is 0.357 e. The smallest absolute Gasteiger partial charge is 0.158 e. The Morgan fingerprint density at radius 3 is 2.53 bits per heavy atom. The van der Waals surface area contributed by atoms with Crippen molar-refractivity contribution in [1.82, 2.24) is 10.2 Å². The molecule has 3 nitrogen and oxygen atoms in total. The van der Waals surface area contributed by atoms with Crippen LogP contribution in [0.1, 0.15) is 12.6 Å². The summed E-state index contributed by atoms with van der Waals surface area (Å²) in [7, 11) is 2.05. The van der Waals surface area contributed by atoms with Crippen molar-refractivity contribution in [3.63, 3.8) is 0 Å². The van der Waals surface area contributed by atoms with Crippen LogP contribution in [0.5, 0.6) is 0 Å². The van der Waals surface area contributed by atoms with Crippen molar-refractivity contribution in [2.75, 3.05) is 18.5 Å². The molecule has 0 bridgehead atoms. The molecule has 4 heteroatoms. The molecule has 90 valence electrons. The van der Waals surface area contributed by atoms with Gasteiger partial charge in [-0.3, -0.25) is 0 Å². The lowest BCUT2D eigenvalue weighted by molar-refractivity contribution is 0.843. The molecule has 1 atom stereocenters. The average molecular weight is 294 g/mol. The molecule has 0 radical (unpaired) electrons. The Balaban J connectivity index is 2.51. The molecule has 0 aliphatic heterocycles. The lowest BCUT2D eigenvalue weighted by atomic mass is 10.1. The van der Waals surface area contributed by atoms with E-state index in [1.807, 2.05) is 26.1 Å². The summed E-state index contributed by atoms with van der Waals surface area (Å²) in [6.45, 7) is 5.02. The molecular formula is C13H16BrN3. The third-order valence-electron chi connectivity index (χ3n) is 2.74. The summed E-state index contributed by atoms with van der Waals surface area (Å²) in [6, 6.07) is 8.27. The molecule has 1 aromatic heterocycles. The van der Waals surface area contributed by atoms with Gasteiger partial charge in [0.1, 0.15) is 0 Å². The maximum Gasteiger partial charge on any atom is 0.158 e. The van der Waals surface area contributed by atoms with Gasteiger partial charge in [-0.1, -0.05) is 47.1 Å². The van der Waals surface area contributed by atoms with E-state index < -0.39 is 0 Å². The summed E-state index contributed by atoms with van der Waals surface area (Å²) in [6.07, 6.45) is 0. The second-order valence-corrected chi connectivity index (χ2v) is 5.88. The van der Waals surface area contributed by atoms with Crippen LogP contribution < -0.4 is 4.90 Å². The van der Waals surface area contributed by atoms with Gasteiger partial charge >= 0.3 is 0 Å². The minimum Gasteiger partial charge on any atom is -0.357 e. The van der Waals surface area contributed by atoms with Gasteiger partial charge in [-0.15, -0.1) is 5.10 Å². The standard InChI is InChI=1S/C13H16BrN3/c1-9(14)8-17(3)13-12-7-5-4-6-11(12)10(2)15-16-13/h4-7,9H,8H2,1-3H3.